The Balaban J connectivity index is 4.54. The van der Waals surface area contributed by atoms with Crippen LogP contribution in [0.1, 0.15) is 168 Å². The monoisotopic (exact) mass is 675 g/mol. The number of unbranched alkanes of at least 4 members (excludes halogenated alkanes) is 21. The highest BCUT2D eigenvalue weighted by Gasteiger charge is 2.23. The van der Waals surface area contributed by atoms with Gasteiger partial charge in [-0.05, 0) is 19.3 Å². The van der Waals surface area contributed by atoms with Crippen molar-refractivity contribution < 1.29 is 32.9 Å². The Morgan fingerprint density at radius 2 is 1.17 bits per heavy atom. The molecular weight excluding hydrogens is 599 g/mol. The molecule has 0 saturated heterocycles. The number of amides is 1. The molecule has 0 fully saturated rings. The summed E-state index contributed by atoms with van der Waals surface area (Å²) in [4.78, 5) is 25.1. The molecule has 0 heterocycles. The zero-order chi connectivity index (χ0) is 34.4. The molecule has 2 N–H and O–H groups in total. The number of rotatable bonds is 34. The molecule has 0 aromatic heterocycles. The number of allylic oxidation sites excluding steroid dienone is 1. The van der Waals surface area contributed by atoms with Crippen LogP contribution in [0.3, 0.4) is 0 Å². The highest BCUT2D eigenvalue weighted by molar-refractivity contribution is 7.45. The lowest BCUT2D eigenvalue weighted by Crippen LogP contribution is -2.45. The fourth-order valence-corrected chi connectivity index (χ4v) is 6.11. The zero-order valence-electron chi connectivity index (χ0n) is 30.8. The van der Waals surface area contributed by atoms with Gasteiger partial charge in [-0.25, -0.2) is 0 Å². The Morgan fingerprint density at radius 3 is 1.63 bits per heavy atom. The van der Waals surface area contributed by atoms with Gasteiger partial charge in [0.2, 0.25) is 5.91 Å². The molecule has 3 atom stereocenters. The molecule has 0 aromatic carbocycles. The third-order valence-electron chi connectivity index (χ3n) is 8.50. The number of nitrogens with zero attached hydrogens (tertiary/aromatic N) is 1. The molecule has 0 radical (unpaired) electrons. The van der Waals surface area contributed by atoms with E-state index in [0.29, 0.717) is 17.4 Å². The number of carbonyl (C=O) groups is 1. The first-order chi connectivity index (χ1) is 22.0. The average Bonchev–Trinajstić information content (AvgIpc) is 2.99. The molecule has 0 aliphatic carbocycles. The number of hydrogen-bond acceptors (Lipinski definition) is 6. The molecule has 1 amide bonds. The summed E-state index contributed by atoms with van der Waals surface area (Å²) in [5, 5.41) is 13.7. The molecular formula is C37H75N2O6P. The summed E-state index contributed by atoms with van der Waals surface area (Å²) in [6.45, 7) is 4.62. The fourth-order valence-electron chi connectivity index (χ4n) is 5.39. The van der Waals surface area contributed by atoms with Crippen molar-refractivity contribution >= 4 is 13.7 Å². The quantitative estimate of drug-likeness (QED) is 0.0305. The van der Waals surface area contributed by atoms with Crippen LogP contribution in [0.5, 0.6) is 0 Å². The second-order valence-electron chi connectivity index (χ2n) is 14.3. The zero-order valence-corrected chi connectivity index (χ0v) is 31.7. The molecule has 8 nitrogen and oxygen atoms in total. The topological polar surface area (TPSA) is 108 Å². The molecule has 1 unspecified atom stereocenters. The van der Waals surface area contributed by atoms with Crippen LogP contribution >= 0.6 is 7.82 Å². The number of nitrogens with one attached hydrogen (secondary N) is 1. The summed E-state index contributed by atoms with van der Waals surface area (Å²) in [6.07, 6.45) is 31.0. The standard InChI is InChI=1S/C37H75N2O6P/c1-6-8-10-12-14-16-18-20-22-24-26-28-30-36(40)35(34-45-46(42,43)44-33-32-39(3,4)5)38-37(41)31-29-27-25-23-21-19-17-15-13-11-9-7-2/h28,30,35-36,40H,6-27,29,31-34H2,1-5H3,(H-,38,41,42,43)/b30-28+/t35-,36+/m0/s1. The highest BCUT2D eigenvalue weighted by atomic mass is 31.2. The number of phosphoric acid groups is 1. The predicted molar refractivity (Wildman–Crippen MR) is 192 cm³/mol. The third kappa shape index (κ3) is 31.8. The number of hydrogen-bond donors (Lipinski definition) is 2. The lowest BCUT2D eigenvalue weighted by Gasteiger charge is -2.29. The summed E-state index contributed by atoms with van der Waals surface area (Å²) in [6, 6.07) is -0.877. The summed E-state index contributed by atoms with van der Waals surface area (Å²) in [7, 11) is 1.26. The minimum absolute atomic E-state index is 0.00156. The first-order valence-electron chi connectivity index (χ1n) is 19.1. The second kappa shape index (κ2) is 30.3. The Kier molecular flexibility index (Phi) is 29.8. The fraction of sp³-hybridized carbons (Fsp3) is 0.919. The van der Waals surface area contributed by atoms with Crippen molar-refractivity contribution in [1.82, 2.24) is 5.32 Å². The molecule has 46 heavy (non-hydrogen) atoms. The van der Waals surface area contributed by atoms with Crippen molar-refractivity contribution in [3.8, 4) is 0 Å². The van der Waals surface area contributed by atoms with E-state index < -0.39 is 20.0 Å². The second-order valence-corrected chi connectivity index (χ2v) is 15.7. The van der Waals surface area contributed by atoms with E-state index in [-0.39, 0.29) is 19.1 Å². The van der Waals surface area contributed by atoms with Crippen LogP contribution < -0.4 is 10.2 Å². The van der Waals surface area contributed by atoms with E-state index in [1.54, 1.807) is 6.08 Å². The molecule has 0 aliphatic heterocycles. The van der Waals surface area contributed by atoms with E-state index in [4.69, 9.17) is 9.05 Å². The van der Waals surface area contributed by atoms with Gasteiger partial charge in [0.25, 0.3) is 7.82 Å². The molecule has 0 bridgehead atoms. The number of likely N-dealkylation sites (N-methyl/N-ethyl adjacent to an activating group) is 1. The molecule has 274 valence electrons. The van der Waals surface area contributed by atoms with E-state index in [1.807, 2.05) is 27.2 Å². The number of aliphatic hydroxyl groups is 1. The van der Waals surface area contributed by atoms with Gasteiger partial charge in [0.1, 0.15) is 13.2 Å². The van der Waals surface area contributed by atoms with Crippen LogP contribution in [0, 0.1) is 0 Å². The maximum Gasteiger partial charge on any atom is 0.268 e. The van der Waals surface area contributed by atoms with Crippen molar-refractivity contribution in [2.45, 2.75) is 180 Å². The maximum absolute atomic E-state index is 12.7. The van der Waals surface area contributed by atoms with Crippen LogP contribution in [0.25, 0.3) is 0 Å². The van der Waals surface area contributed by atoms with Crippen molar-refractivity contribution in [3.63, 3.8) is 0 Å². The maximum atomic E-state index is 12.7. The molecule has 0 spiro atoms. The molecule has 0 aliphatic rings. The third-order valence-corrected chi connectivity index (χ3v) is 9.46. The lowest BCUT2D eigenvalue weighted by atomic mass is 10.0. The van der Waals surface area contributed by atoms with E-state index in [0.717, 1.165) is 38.5 Å². The smallest absolute Gasteiger partial charge is 0.268 e. The first kappa shape index (κ1) is 45.2. The van der Waals surface area contributed by atoms with Crippen molar-refractivity contribution in [2.75, 3.05) is 40.9 Å². The Morgan fingerprint density at radius 1 is 0.739 bits per heavy atom. The van der Waals surface area contributed by atoms with Crippen molar-refractivity contribution in [2.24, 2.45) is 0 Å². The minimum atomic E-state index is -4.57. The van der Waals surface area contributed by atoms with Crippen molar-refractivity contribution in [3.05, 3.63) is 12.2 Å². The Bertz CT molecular complexity index is 773. The van der Waals surface area contributed by atoms with Gasteiger partial charge < -0.3 is 28.8 Å². The van der Waals surface area contributed by atoms with Crippen LogP contribution in [0.15, 0.2) is 12.2 Å². The van der Waals surface area contributed by atoms with Gasteiger partial charge in [-0.2, -0.15) is 0 Å². The first-order valence-corrected chi connectivity index (χ1v) is 20.5. The summed E-state index contributed by atoms with van der Waals surface area (Å²) < 4.78 is 23.1. The summed E-state index contributed by atoms with van der Waals surface area (Å²) in [5.74, 6) is -0.200. The average molecular weight is 675 g/mol. The molecule has 0 aromatic rings. The van der Waals surface area contributed by atoms with Gasteiger partial charge in [-0.1, -0.05) is 154 Å². The lowest BCUT2D eigenvalue weighted by molar-refractivity contribution is -0.870. The normalized spacial score (nSPS) is 14.8. The summed E-state index contributed by atoms with van der Waals surface area (Å²) >= 11 is 0. The Labute approximate surface area is 284 Å². The van der Waals surface area contributed by atoms with E-state index in [2.05, 4.69) is 19.2 Å². The van der Waals surface area contributed by atoms with E-state index >= 15 is 0 Å². The highest BCUT2D eigenvalue weighted by Crippen LogP contribution is 2.38. The molecule has 0 saturated carbocycles. The van der Waals surface area contributed by atoms with Gasteiger partial charge in [0, 0.05) is 6.42 Å². The van der Waals surface area contributed by atoms with Gasteiger partial charge in [-0.3, -0.25) is 9.36 Å². The number of carbonyl (C=O) groups excluding carboxylic acids is 1. The van der Waals surface area contributed by atoms with Crippen LogP contribution in [-0.2, 0) is 18.4 Å². The number of quaternary nitrogens is 1. The van der Waals surface area contributed by atoms with Crippen LogP contribution in [-0.4, -0.2) is 68.5 Å². The van der Waals surface area contributed by atoms with Gasteiger partial charge in [0.15, 0.2) is 0 Å². The van der Waals surface area contributed by atoms with E-state index in [9.17, 15) is 19.4 Å². The van der Waals surface area contributed by atoms with E-state index in [1.165, 1.54) is 109 Å². The van der Waals surface area contributed by atoms with Crippen molar-refractivity contribution in [1.29, 1.82) is 0 Å². The van der Waals surface area contributed by atoms with Gasteiger partial charge in [0.05, 0.1) is 39.9 Å². The Hall–Kier alpha value is -0.760. The van der Waals surface area contributed by atoms with Crippen LogP contribution in [0.2, 0.25) is 0 Å². The van der Waals surface area contributed by atoms with Gasteiger partial charge >= 0.3 is 0 Å². The number of aliphatic hydroxyl groups excluding tert-OH is 1. The SMILES string of the molecule is CCCCCCCCCCCC/C=C/[C@@H](O)[C@H](COP(=O)([O-])OCC[N+](C)(C)C)NC(=O)CCCCCCCCCCCCCC. The largest absolute Gasteiger partial charge is 0.756 e. The minimum Gasteiger partial charge on any atom is -0.756 e. The number of phosphoric ester groups is 1. The summed E-state index contributed by atoms with van der Waals surface area (Å²) in [5.41, 5.74) is 0. The van der Waals surface area contributed by atoms with Crippen LogP contribution in [0.4, 0.5) is 0 Å². The predicted octanol–water partition coefficient (Wildman–Crippen LogP) is 9.00. The molecule has 0 rings (SSSR count). The molecule has 9 heteroatoms. The van der Waals surface area contributed by atoms with Gasteiger partial charge in [-0.15, -0.1) is 0 Å².